The van der Waals surface area contributed by atoms with E-state index in [1.165, 1.54) is 12.1 Å². The summed E-state index contributed by atoms with van der Waals surface area (Å²) in [5.41, 5.74) is 0.862. The highest BCUT2D eigenvalue weighted by atomic mass is 19.1. The molecule has 86 valence electrons. The minimum atomic E-state index is -0.303. The van der Waals surface area contributed by atoms with Crippen LogP contribution in [0.25, 0.3) is 0 Å². The molecule has 0 atom stereocenters. The Morgan fingerprint density at radius 1 is 1.44 bits per heavy atom. The Kier molecular flexibility index (Phi) is 5.38. The van der Waals surface area contributed by atoms with E-state index >= 15 is 0 Å². The van der Waals surface area contributed by atoms with Crippen LogP contribution in [0.5, 0.6) is 5.75 Å². The SMILES string of the molecule is C#CCOc1cc(F)cc(CNCCC)c1. The number of hydrogen-bond acceptors (Lipinski definition) is 2. The molecule has 1 rings (SSSR count). The van der Waals surface area contributed by atoms with E-state index in [1.54, 1.807) is 6.07 Å². The van der Waals surface area contributed by atoms with Crippen LogP contribution in [-0.2, 0) is 6.54 Å². The first kappa shape index (κ1) is 12.5. The molecule has 0 unspecified atom stereocenters. The number of hydrogen-bond donors (Lipinski definition) is 1. The van der Waals surface area contributed by atoms with E-state index in [0.717, 1.165) is 18.5 Å². The van der Waals surface area contributed by atoms with Gasteiger partial charge in [0, 0.05) is 12.6 Å². The van der Waals surface area contributed by atoms with E-state index in [0.29, 0.717) is 12.3 Å². The predicted molar refractivity (Wildman–Crippen MR) is 62.7 cm³/mol. The van der Waals surface area contributed by atoms with Crippen molar-refractivity contribution >= 4 is 0 Å². The molecule has 0 saturated heterocycles. The van der Waals surface area contributed by atoms with Crippen molar-refractivity contribution in [2.75, 3.05) is 13.2 Å². The number of nitrogens with one attached hydrogen (secondary N) is 1. The van der Waals surface area contributed by atoms with Crippen molar-refractivity contribution in [3.05, 3.63) is 29.6 Å². The number of halogens is 1. The standard InChI is InChI=1S/C13H16FNO/c1-3-5-15-10-11-7-12(14)9-13(8-11)16-6-4-2/h2,7-9,15H,3,5-6,10H2,1H3. The van der Waals surface area contributed by atoms with Crippen LogP contribution in [-0.4, -0.2) is 13.2 Å². The number of ether oxygens (including phenoxy) is 1. The molecule has 0 aliphatic rings. The van der Waals surface area contributed by atoms with Gasteiger partial charge in [-0.05, 0) is 30.7 Å². The highest BCUT2D eigenvalue weighted by Crippen LogP contribution is 2.16. The van der Waals surface area contributed by atoms with Gasteiger partial charge in [0.2, 0.25) is 0 Å². The van der Waals surface area contributed by atoms with Crippen LogP contribution in [0.4, 0.5) is 4.39 Å². The van der Waals surface area contributed by atoms with Gasteiger partial charge in [0.15, 0.2) is 0 Å². The maximum Gasteiger partial charge on any atom is 0.148 e. The third-order valence-corrected chi connectivity index (χ3v) is 2.01. The lowest BCUT2D eigenvalue weighted by Gasteiger charge is -2.07. The van der Waals surface area contributed by atoms with Crippen LogP contribution in [0, 0.1) is 18.2 Å². The fourth-order valence-electron chi connectivity index (χ4n) is 1.34. The molecule has 1 N–H and O–H groups in total. The van der Waals surface area contributed by atoms with E-state index in [1.807, 2.05) is 0 Å². The summed E-state index contributed by atoms with van der Waals surface area (Å²) in [7, 11) is 0. The van der Waals surface area contributed by atoms with Gasteiger partial charge in [0.25, 0.3) is 0 Å². The largest absolute Gasteiger partial charge is 0.481 e. The number of benzene rings is 1. The third-order valence-electron chi connectivity index (χ3n) is 2.01. The molecule has 0 heterocycles. The Hall–Kier alpha value is -1.53. The van der Waals surface area contributed by atoms with Gasteiger partial charge < -0.3 is 10.1 Å². The van der Waals surface area contributed by atoms with E-state index in [2.05, 4.69) is 18.2 Å². The molecule has 0 spiro atoms. The second-order valence-electron chi connectivity index (χ2n) is 3.46. The highest BCUT2D eigenvalue weighted by Gasteiger charge is 2.01. The van der Waals surface area contributed by atoms with Gasteiger partial charge in [-0.1, -0.05) is 12.8 Å². The quantitative estimate of drug-likeness (QED) is 0.588. The average Bonchev–Trinajstić information content (AvgIpc) is 2.26. The van der Waals surface area contributed by atoms with Crippen molar-refractivity contribution < 1.29 is 9.13 Å². The molecule has 3 heteroatoms. The summed E-state index contributed by atoms with van der Waals surface area (Å²) >= 11 is 0. The molecule has 16 heavy (non-hydrogen) atoms. The summed E-state index contributed by atoms with van der Waals surface area (Å²) < 4.78 is 18.4. The third kappa shape index (κ3) is 4.33. The lowest BCUT2D eigenvalue weighted by atomic mass is 10.2. The van der Waals surface area contributed by atoms with Gasteiger partial charge in [0.05, 0.1) is 0 Å². The van der Waals surface area contributed by atoms with Crippen molar-refractivity contribution in [2.24, 2.45) is 0 Å². The zero-order chi connectivity index (χ0) is 11.8. The van der Waals surface area contributed by atoms with Crippen LogP contribution in [0.1, 0.15) is 18.9 Å². The molecule has 0 aliphatic heterocycles. The molecule has 0 aromatic heterocycles. The molecule has 0 fully saturated rings. The van der Waals surface area contributed by atoms with Crippen molar-refractivity contribution in [3.8, 4) is 18.1 Å². The van der Waals surface area contributed by atoms with Gasteiger partial charge in [-0.25, -0.2) is 4.39 Å². The molecule has 0 radical (unpaired) electrons. The summed E-state index contributed by atoms with van der Waals surface area (Å²) in [4.78, 5) is 0. The van der Waals surface area contributed by atoms with E-state index in [-0.39, 0.29) is 12.4 Å². The second-order valence-corrected chi connectivity index (χ2v) is 3.46. The molecule has 0 bridgehead atoms. The Balaban J connectivity index is 2.62. The Morgan fingerprint density at radius 3 is 2.94 bits per heavy atom. The monoisotopic (exact) mass is 221 g/mol. The van der Waals surface area contributed by atoms with Crippen molar-refractivity contribution in [3.63, 3.8) is 0 Å². The minimum absolute atomic E-state index is 0.158. The second kappa shape index (κ2) is 6.86. The predicted octanol–water partition coefficient (Wildman–Crippen LogP) is 2.34. The zero-order valence-electron chi connectivity index (χ0n) is 9.42. The van der Waals surface area contributed by atoms with E-state index in [4.69, 9.17) is 11.2 Å². The first-order chi connectivity index (χ1) is 7.76. The van der Waals surface area contributed by atoms with Gasteiger partial charge in [-0.2, -0.15) is 0 Å². The molecule has 2 nitrogen and oxygen atoms in total. The smallest absolute Gasteiger partial charge is 0.148 e. The van der Waals surface area contributed by atoms with Crippen LogP contribution < -0.4 is 10.1 Å². The number of rotatable bonds is 6. The maximum absolute atomic E-state index is 13.2. The van der Waals surface area contributed by atoms with Crippen LogP contribution in [0.15, 0.2) is 18.2 Å². The Labute approximate surface area is 95.8 Å². The van der Waals surface area contributed by atoms with Crippen LogP contribution in [0.3, 0.4) is 0 Å². The molecule has 0 saturated carbocycles. The van der Waals surface area contributed by atoms with Crippen molar-refractivity contribution in [1.29, 1.82) is 0 Å². The van der Waals surface area contributed by atoms with Gasteiger partial charge in [0.1, 0.15) is 18.2 Å². The molecular formula is C13H16FNO. The topological polar surface area (TPSA) is 21.3 Å². The fraction of sp³-hybridized carbons (Fsp3) is 0.385. The van der Waals surface area contributed by atoms with Gasteiger partial charge >= 0.3 is 0 Å². The molecule has 1 aromatic rings. The fourth-order valence-corrected chi connectivity index (χ4v) is 1.34. The van der Waals surface area contributed by atoms with Gasteiger partial charge in [-0.15, -0.1) is 6.42 Å². The lowest BCUT2D eigenvalue weighted by Crippen LogP contribution is -2.14. The molecule has 0 aliphatic carbocycles. The molecule has 1 aromatic carbocycles. The highest BCUT2D eigenvalue weighted by molar-refractivity contribution is 5.29. The zero-order valence-corrected chi connectivity index (χ0v) is 9.42. The average molecular weight is 221 g/mol. The summed E-state index contributed by atoms with van der Waals surface area (Å²) in [5.74, 6) is 2.52. The normalized spacial score (nSPS) is 9.81. The minimum Gasteiger partial charge on any atom is -0.481 e. The summed E-state index contributed by atoms with van der Waals surface area (Å²) in [5, 5.41) is 3.20. The van der Waals surface area contributed by atoms with E-state index in [9.17, 15) is 4.39 Å². The lowest BCUT2D eigenvalue weighted by molar-refractivity contribution is 0.367. The summed E-state index contributed by atoms with van der Waals surface area (Å²) in [6.07, 6.45) is 6.12. The van der Waals surface area contributed by atoms with Crippen molar-refractivity contribution in [1.82, 2.24) is 5.32 Å². The van der Waals surface area contributed by atoms with Crippen LogP contribution >= 0.6 is 0 Å². The summed E-state index contributed by atoms with van der Waals surface area (Å²) in [6, 6.07) is 4.62. The van der Waals surface area contributed by atoms with E-state index < -0.39 is 0 Å². The van der Waals surface area contributed by atoms with Gasteiger partial charge in [-0.3, -0.25) is 0 Å². The number of terminal acetylenes is 1. The first-order valence-corrected chi connectivity index (χ1v) is 5.32. The maximum atomic E-state index is 13.2. The summed E-state index contributed by atoms with van der Waals surface area (Å²) in [6.45, 7) is 3.79. The van der Waals surface area contributed by atoms with Crippen LogP contribution in [0.2, 0.25) is 0 Å². The van der Waals surface area contributed by atoms with Crippen molar-refractivity contribution in [2.45, 2.75) is 19.9 Å². The molecular weight excluding hydrogens is 205 g/mol. The Bertz CT molecular complexity index is 371. The molecule has 0 amide bonds. The Morgan fingerprint density at radius 2 is 2.25 bits per heavy atom. The first-order valence-electron chi connectivity index (χ1n) is 5.32.